The number of fused-ring (bicyclic) bond motifs is 2. The van der Waals surface area contributed by atoms with Crippen LogP contribution in [-0.4, -0.2) is 24.6 Å². The first-order valence-corrected chi connectivity index (χ1v) is 12.7. The summed E-state index contributed by atoms with van der Waals surface area (Å²) in [6, 6.07) is 26.4. The minimum Gasteiger partial charge on any atom is -0.256 e. The maximum absolute atomic E-state index is 12.7. The van der Waals surface area contributed by atoms with Crippen LogP contribution in [0, 0.1) is 0 Å². The molecule has 0 saturated carbocycles. The number of hydrogen-bond acceptors (Lipinski definition) is 4. The van der Waals surface area contributed by atoms with Crippen molar-refractivity contribution in [2.45, 2.75) is 18.6 Å². The monoisotopic (exact) mass is 452 g/mol. The number of pyridine rings is 2. The van der Waals surface area contributed by atoms with Crippen molar-refractivity contribution in [3.8, 4) is 22.3 Å². The minimum absolute atomic E-state index is 0.705. The summed E-state index contributed by atoms with van der Waals surface area (Å²) < 4.78 is 24.2. The van der Waals surface area contributed by atoms with E-state index in [9.17, 15) is 8.42 Å². The van der Waals surface area contributed by atoms with E-state index in [4.69, 9.17) is 0 Å². The van der Waals surface area contributed by atoms with E-state index >= 15 is 0 Å². The largest absolute Gasteiger partial charge is 0.256 e. The van der Waals surface area contributed by atoms with Gasteiger partial charge in [0, 0.05) is 35.0 Å². The van der Waals surface area contributed by atoms with Crippen molar-refractivity contribution in [2.75, 3.05) is 6.26 Å². The Morgan fingerprint density at radius 3 is 2.18 bits per heavy atom. The molecular weight excluding hydrogens is 428 g/mol. The molecule has 0 bridgehead atoms. The zero-order chi connectivity index (χ0) is 23.2. The molecule has 164 valence electrons. The Balaban J connectivity index is 1.68. The number of benzene rings is 3. The zero-order valence-corrected chi connectivity index (χ0v) is 19.6. The van der Waals surface area contributed by atoms with E-state index in [1.165, 1.54) is 6.26 Å². The highest BCUT2D eigenvalue weighted by molar-refractivity contribution is 7.91. The summed E-state index contributed by atoms with van der Waals surface area (Å²) in [5.74, 6) is 0. The summed E-state index contributed by atoms with van der Waals surface area (Å²) in [7, 11) is -3.37. The topological polar surface area (TPSA) is 59.9 Å². The molecule has 4 nitrogen and oxygen atoms in total. The number of nitrogens with zero attached hydrogens (tertiary/aromatic N) is 2. The summed E-state index contributed by atoms with van der Waals surface area (Å²) in [4.78, 5) is 9.12. The van der Waals surface area contributed by atoms with Crippen LogP contribution in [-0.2, 0) is 14.6 Å². The van der Waals surface area contributed by atoms with E-state index in [1.54, 1.807) is 20.0 Å². The van der Waals surface area contributed by atoms with Gasteiger partial charge in [-0.15, -0.1) is 0 Å². The number of aromatic nitrogens is 2. The average molecular weight is 453 g/mol. The van der Waals surface area contributed by atoms with Crippen molar-refractivity contribution in [2.24, 2.45) is 0 Å². The van der Waals surface area contributed by atoms with Gasteiger partial charge < -0.3 is 0 Å². The Hall–Kier alpha value is -3.57. The summed E-state index contributed by atoms with van der Waals surface area (Å²) in [5, 5.41) is 2.01. The van der Waals surface area contributed by atoms with Gasteiger partial charge in [-0.05, 0) is 72.5 Å². The molecule has 0 fully saturated rings. The smallest absolute Gasteiger partial charge is 0.156 e. The van der Waals surface area contributed by atoms with Crippen LogP contribution >= 0.6 is 0 Å². The fourth-order valence-electron chi connectivity index (χ4n) is 4.12. The van der Waals surface area contributed by atoms with Gasteiger partial charge >= 0.3 is 0 Å². The molecule has 0 aliphatic carbocycles. The predicted octanol–water partition coefficient (Wildman–Crippen LogP) is 6.40. The van der Waals surface area contributed by atoms with Gasteiger partial charge in [0.25, 0.3) is 0 Å². The van der Waals surface area contributed by atoms with E-state index in [0.717, 1.165) is 38.5 Å². The quantitative estimate of drug-likeness (QED) is 0.317. The first-order chi connectivity index (χ1) is 15.7. The fourth-order valence-corrected chi connectivity index (χ4v) is 4.68. The highest BCUT2D eigenvalue weighted by Crippen LogP contribution is 2.37. The molecule has 0 aliphatic heterocycles. The normalized spacial score (nSPS) is 12.3. The fraction of sp³-hybridized carbons (Fsp3) is 0.143. The van der Waals surface area contributed by atoms with Gasteiger partial charge in [-0.25, -0.2) is 8.42 Å². The van der Waals surface area contributed by atoms with Crippen molar-refractivity contribution in [3.63, 3.8) is 0 Å². The van der Waals surface area contributed by atoms with Crippen molar-refractivity contribution in [3.05, 3.63) is 96.8 Å². The van der Waals surface area contributed by atoms with E-state index in [-0.39, 0.29) is 0 Å². The SMILES string of the molecule is CC(C)(c1cc(-c2cccc(-c3cnc4ccccc4c3)c2)cc2cccnc12)S(C)(=O)=O. The highest BCUT2D eigenvalue weighted by Gasteiger charge is 2.34. The van der Waals surface area contributed by atoms with Gasteiger partial charge in [-0.1, -0.05) is 42.5 Å². The summed E-state index contributed by atoms with van der Waals surface area (Å²) >= 11 is 0. The van der Waals surface area contributed by atoms with Crippen LogP contribution in [0.3, 0.4) is 0 Å². The Bertz CT molecular complexity index is 1620. The van der Waals surface area contributed by atoms with Gasteiger partial charge in [0.05, 0.1) is 15.8 Å². The highest BCUT2D eigenvalue weighted by atomic mass is 32.2. The van der Waals surface area contributed by atoms with E-state index in [2.05, 4.69) is 40.3 Å². The van der Waals surface area contributed by atoms with Gasteiger partial charge in [0.15, 0.2) is 9.84 Å². The molecule has 33 heavy (non-hydrogen) atoms. The number of rotatable bonds is 4. The third kappa shape index (κ3) is 3.79. The van der Waals surface area contributed by atoms with Crippen LogP contribution in [0.15, 0.2) is 91.3 Å². The molecule has 2 heterocycles. The van der Waals surface area contributed by atoms with Crippen LogP contribution in [0.4, 0.5) is 0 Å². The predicted molar refractivity (Wildman–Crippen MR) is 136 cm³/mol. The van der Waals surface area contributed by atoms with Crippen LogP contribution < -0.4 is 0 Å². The molecular formula is C28H24N2O2S. The number of para-hydroxylation sites is 1. The maximum Gasteiger partial charge on any atom is 0.156 e. The number of hydrogen-bond donors (Lipinski definition) is 0. The third-order valence-corrected chi connectivity index (χ3v) is 8.47. The Morgan fingerprint density at radius 1 is 0.697 bits per heavy atom. The number of sulfone groups is 1. The zero-order valence-electron chi connectivity index (χ0n) is 18.8. The summed E-state index contributed by atoms with van der Waals surface area (Å²) in [6.45, 7) is 3.49. The van der Waals surface area contributed by atoms with E-state index in [0.29, 0.717) is 11.1 Å². The molecule has 0 saturated heterocycles. The second-order valence-electron chi connectivity index (χ2n) is 8.88. The molecule has 5 aromatic rings. The summed E-state index contributed by atoms with van der Waals surface area (Å²) in [6.07, 6.45) is 4.88. The molecule has 2 aromatic heterocycles. The lowest BCUT2D eigenvalue weighted by Crippen LogP contribution is -2.28. The van der Waals surface area contributed by atoms with Crippen LogP contribution in [0.2, 0.25) is 0 Å². The van der Waals surface area contributed by atoms with Crippen molar-refractivity contribution in [1.82, 2.24) is 9.97 Å². The molecule has 0 spiro atoms. The minimum atomic E-state index is -3.37. The Kier molecular flexibility index (Phi) is 5.02. The van der Waals surface area contributed by atoms with Gasteiger partial charge in [0.1, 0.15) is 0 Å². The lowest BCUT2D eigenvalue weighted by molar-refractivity contribution is 0.562. The molecule has 0 N–H and O–H groups in total. The van der Waals surface area contributed by atoms with E-state index < -0.39 is 14.6 Å². The van der Waals surface area contributed by atoms with Gasteiger partial charge in [-0.2, -0.15) is 0 Å². The molecule has 0 radical (unpaired) electrons. The van der Waals surface area contributed by atoms with E-state index in [1.807, 2.05) is 54.7 Å². The molecule has 0 amide bonds. The van der Waals surface area contributed by atoms with Crippen molar-refractivity contribution >= 4 is 31.6 Å². The third-order valence-electron chi connectivity index (χ3n) is 6.40. The van der Waals surface area contributed by atoms with Gasteiger partial charge in [0.2, 0.25) is 0 Å². The molecule has 5 heteroatoms. The summed E-state index contributed by atoms with van der Waals surface area (Å²) in [5.41, 5.74) is 6.44. The Morgan fingerprint density at radius 2 is 1.39 bits per heavy atom. The second kappa shape index (κ2) is 7.78. The lowest BCUT2D eigenvalue weighted by Gasteiger charge is -2.25. The van der Waals surface area contributed by atoms with Crippen LogP contribution in [0.25, 0.3) is 44.1 Å². The first-order valence-electron chi connectivity index (χ1n) is 10.8. The van der Waals surface area contributed by atoms with Crippen molar-refractivity contribution < 1.29 is 8.42 Å². The molecule has 5 rings (SSSR count). The van der Waals surface area contributed by atoms with Crippen molar-refractivity contribution in [1.29, 1.82) is 0 Å². The average Bonchev–Trinajstić information content (AvgIpc) is 2.82. The lowest BCUT2D eigenvalue weighted by atomic mass is 9.92. The maximum atomic E-state index is 12.7. The molecule has 3 aromatic carbocycles. The first kappa shape index (κ1) is 21.3. The molecule has 0 unspecified atom stereocenters. The van der Waals surface area contributed by atoms with Crippen LogP contribution in [0.5, 0.6) is 0 Å². The Labute approximate surface area is 193 Å². The van der Waals surface area contributed by atoms with Crippen LogP contribution in [0.1, 0.15) is 19.4 Å². The second-order valence-corrected chi connectivity index (χ2v) is 11.4. The molecule has 0 atom stereocenters. The standard InChI is InChI=1S/C28H24N2O2S/c1-28(2,33(3,31)32)25-17-23(16-22-11-7-13-29-27(22)25)19-9-6-10-20(14-19)24-15-21-8-4-5-12-26(21)30-18-24/h4-18H,1-3H3. The molecule has 0 aliphatic rings. The van der Waals surface area contributed by atoms with Gasteiger partial charge in [-0.3, -0.25) is 9.97 Å².